The normalized spacial score (nSPS) is 13.6. The first-order chi connectivity index (χ1) is 5.61. The van der Waals surface area contributed by atoms with Crippen LogP contribution in [0.25, 0.3) is 0 Å². The molecule has 0 N–H and O–H groups in total. The molecule has 78 valence electrons. The number of hydrogen-bond acceptors (Lipinski definition) is 0. The molecule has 0 fully saturated rings. The van der Waals surface area contributed by atoms with Crippen LogP contribution in [-0.2, 0) is 0 Å². The fraction of sp³-hybridized carbons (Fsp3) is 0.923. The van der Waals surface area contributed by atoms with E-state index in [2.05, 4.69) is 55.4 Å². The van der Waals surface area contributed by atoms with Crippen LogP contribution < -0.4 is 0 Å². The van der Waals surface area contributed by atoms with Gasteiger partial charge in [-0.3, -0.25) is 0 Å². The van der Waals surface area contributed by atoms with Crippen LogP contribution >= 0.6 is 0 Å². The molecule has 0 aliphatic heterocycles. The van der Waals surface area contributed by atoms with Crippen molar-refractivity contribution in [2.24, 2.45) is 16.7 Å². The van der Waals surface area contributed by atoms with Gasteiger partial charge in [0, 0.05) is 5.41 Å². The van der Waals surface area contributed by atoms with E-state index < -0.39 is 0 Å². The Bertz CT molecular complexity index is 149. The summed E-state index contributed by atoms with van der Waals surface area (Å²) in [5.41, 5.74) is 0.810. The van der Waals surface area contributed by atoms with Crippen molar-refractivity contribution >= 4 is 0 Å². The van der Waals surface area contributed by atoms with Crippen molar-refractivity contribution in [1.82, 2.24) is 0 Å². The number of hydrogen-bond donors (Lipinski definition) is 0. The van der Waals surface area contributed by atoms with E-state index in [4.69, 9.17) is 0 Å². The predicted octanol–water partition coefficient (Wildman–Crippen LogP) is 4.70. The Morgan fingerprint density at radius 2 is 1.38 bits per heavy atom. The Hall–Kier alpha value is -0.130. The maximum absolute atomic E-state index is 2.39. The molecule has 0 rings (SSSR count). The molecule has 0 aromatic rings. The molecule has 0 spiro atoms. The summed E-state index contributed by atoms with van der Waals surface area (Å²) in [6.45, 7) is 18.7. The Balaban J connectivity index is 4.60. The summed E-state index contributed by atoms with van der Waals surface area (Å²) in [4.78, 5) is 0. The molecule has 0 aromatic carbocycles. The molecule has 0 aliphatic carbocycles. The average Bonchev–Trinajstić information content (AvgIpc) is 1.83. The van der Waals surface area contributed by atoms with E-state index in [1.165, 1.54) is 6.42 Å². The third kappa shape index (κ3) is 2.93. The van der Waals surface area contributed by atoms with Gasteiger partial charge in [-0.1, -0.05) is 41.5 Å². The van der Waals surface area contributed by atoms with Gasteiger partial charge in [-0.25, -0.2) is 0 Å². The summed E-state index contributed by atoms with van der Waals surface area (Å²) in [6.07, 6.45) is 1.23. The van der Waals surface area contributed by atoms with Crippen molar-refractivity contribution in [2.75, 3.05) is 0 Å². The summed E-state index contributed by atoms with van der Waals surface area (Å²) < 4.78 is 0. The molecule has 0 saturated carbocycles. The number of rotatable bonds is 4. The first-order valence-corrected chi connectivity index (χ1v) is 5.40. The van der Waals surface area contributed by atoms with E-state index in [-0.39, 0.29) is 0 Å². The molecule has 0 atom stereocenters. The molecule has 0 heteroatoms. The van der Waals surface area contributed by atoms with Crippen molar-refractivity contribution in [3.8, 4) is 0 Å². The monoisotopic (exact) mass is 183 g/mol. The first kappa shape index (κ1) is 12.9. The van der Waals surface area contributed by atoms with Crippen LogP contribution in [-0.4, -0.2) is 0 Å². The lowest BCUT2D eigenvalue weighted by atomic mass is 9.59. The molecule has 0 unspecified atom stereocenters. The fourth-order valence-corrected chi connectivity index (χ4v) is 1.89. The highest BCUT2D eigenvalue weighted by molar-refractivity contribution is 4.95. The van der Waals surface area contributed by atoms with Crippen LogP contribution in [0, 0.1) is 22.7 Å². The molecule has 13 heavy (non-hydrogen) atoms. The van der Waals surface area contributed by atoms with Crippen molar-refractivity contribution < 1.29 is 0 Å². The Morgan fingerprint density at radius 3 is 1.62 bits per heavy atom. The quantitative estimate of drug-likeness (QED) is 0.554. The van der Waals surface area contributed by atoms with Gasteiger partial charge >= 0.3 is 0 Å². The van der Waals surface area contributed by atoms with Crippen LogP contribution in [0.4, 0.5) is 0 Å². The second-order valence-electron chi connectivity index (χ2n) is 6.14. The lowest BCUT2D eigenvalue weighted by Gasteiger charge is -2.43. The first-order valence-electron chi connectivity index (χ1n) is 5.40. The lowest BCUT2D eigenvalue weighted by molar-refractivity contribution is 0.0515. The molecular weight excluding hydrogens is 156 g/mol. The van der Waals surface area contributed by atoms with Crippen LogP contribution in [0.5, 0.6) is 0 Å². The van der Waals surface area contributed by atoms with E-state index in [0.717, 1.165) is 5.92 Å². The molecule has 0 heterocycles. The fourth-order valence-electron chi connectivity index (χ4n) is 1.89. The molecule has 0 nitrogen and oxygen atoms in total. The zero-order valence-corrected chi connectivity index (χ0v) is 10.8. The molecular formula is C13H27+. The maximum atomic E-state index is 2.39. The summed E-state index contributed by atoms with van der Waals surface area (Å²) in [6, 6.07) is 0. The molecule has 0 bridgehead atoms. The minimum absolute atomic E-state index is 0.403. The molecule has 0 radical (unpaired) electrons. The second-order valence-corrected chi connectivity index (χ2v) is 6.14. The standard InChI is InChI=1S/C13H27/c1-10(2)9-12(5,6)13(7,8)11(3)4/h11H,9H2,1-8H3/q+1. The highest BCUT2D eigenvalue weighted by Crippen LogP contribution is 2.48. The van der Waals surface area contributed by atoms with Gasteiger partial charge in [0.05, 0.1) is 26.2 Å². The highest BCUT2D eigenvalue weighted by atomic mass is 14.4. The SMILES string of the molecule is C[C+](C)CC(C)(C)C(C)(C)C(C)C. The molecule has 0 amide bonds. The third-order valence-corrected chi connectivity index (χ3v) is 3.98. The summed E-state index contributed by atoms with van der Waals surface area (Å²) >= 11 is 0. The van der Waals surface area contributed by atoms with Gasteiger partial charge in [0.15, 0.2) is 0 Å². The van der Waals surface area contributed by atoms with Gasteiger partial charge in [0.1, 0.15) is 0 Å². The van der Waals surface area contributed by atoms with Crippen molar-refractivity contribution in [1.29, 1.82) is 0 Å². The molecule has 0 aliphatic rings. The average molecular weight is 183 g/mol. The van der Waals surface area contributed by atoms with Gasteiger partial charge in [0.2, 0.25) is 0 Å². The minimum Gasteiger partial charge on any atom is -0.0622 e. The smallest absolute Gasteiger partial charge is 0.0622 e. The van der Waals surface area contributed by atoms with Gasteiger partial charge in [-0.15, -0.1) is 0 Å². The highest BCUT2D eigenvalue weighted by Gasteiger charge is 2.42. The van der Waals surface area contributed by atoms with Gasteiger partial charge in [0.25, 0.3) is 0 Å². The Labute approximate surface area is 85.1 Å². The van der Waals surface area contributed by atoms with Crippen molar-refractivity contribution in [3.63, 3.8) is 0 Å². The van der Waals surface area contributed by atoms with E-state index in [0.29, 0.717) is 10.8 Å². The largest absolute Gasteiger partial charge is 0.0950 e. The zero-order chi connectivity index (χ0) is 10.9. The van der Waals surface area contributed by atoms with Crippen LogP contribution in [0.2, 0.25) is 0 Å². The lowest BCUT2D eigenvalue weighted by Crippen LogP contribution is -2.37. The van der Waals surface area contributed by atoms with E-state index in [1.54, 1.807) is 5.92 Å². The molecule has 0 saturated heterocycles. The minimum atomic E-state index is 0.403. The third-order valence-electron chi connectivity index (χ3n) is 3.98. The predicted molar refractivity (Wildman–Crippen MR) is 61.6 cm³/mol. The summed E-state index contributed by atoms with van der Waals surface area (Å²) in [5, 5.41) is 0. The second kappa shape index (κ2) is 3.94. The maximum Gasteiger partial charge on any atom is 0.0950 e. The van der Waals surface area contributed by atoms with Gasteiger partial charge in [-0.2, -0.15) is 0 Å². The van der Waals surface area contributed by atoms with Gasteiger partial charge < -0.3 is 0 Å². The Kier molecular flexibility index (Phi) is 3.90. The summed E-state index contributed by atoms with van der Waals surface area (Å²) in [7, 11) is 0. The summed E-state index contributed by atoms with van der Waals surface area (Å²) in [5.74, 6) is 2.28. The van der Waals surface area contributed by atoms with E-state index >= 15 is 0 Å². The zero-order valence-electron chi connectivity index (χ0n) is 10.8. The van der Waals surface area contributed by atoms with Crippen molar-refractivity contribution in [3.05, 3.63) is 5.92 Å². The Morgan fingerprint density at radius 1 is 1.00 bits per heavy atom. The van der Waals surface area contributed by atoms with Crippen LogP contribution in [0.1, 0.15) is 61.8 Å². The van der Waals surface area contributed by atoms with Crippen LogP contribution in [0.15, 0.2) is 0 Å². The topological polar surface area (TPSA) is 0 Å². The van der Waals surface area contributed by atoms with E-state index in [1.807, 2.05) is 0 Å². The van der Waals surface area contributed by atoms with Crippen LogP contribution in [0.3, 0.4) is 0 Å². The van der Waals surface area contributed by atoms with E-state index in [9.17, 15) is 0 Å². The van der Waals surface area contributed by atoms with Gasteiger partial charge in [-0.05, 0) is 11.3 Å². The molecule has 0 aromatic heterocycles. The van der Waals surface area contributed by atoms with Crippen molar-refractivity contribution in [2.45, 2.75) is 61.8 Å².